The molecule has 1 aromatic rings. The van der Waals surface area contributed by atoms with Crippen LogP contribution >= 0.6 is 11.6 Å². The first-order chi connectivity index (χ1) is 12.5. The molecule has 0 saturated carbocycles. The van der Waals surface area contributed by atoms with E-state index in [2.05, 4.69) is 0 Å². The summed E-state index contributed by atoms with van der Waals surface area (Å²) in [4.78, 5) is 28.6. The maximum Gasteiger partial charge on any atom is 0.256 e. The van der Waals surface area contributed by atoms with Gasteiger partial charge in [0.15, 0.2) is 0 Å². The Hall–Kier alpha value is -1.66. The molecule has 2 aliphatic rings. The van der Waals surface area contributed by atoms with Crippen LogP contribution in [0.15, 0.2) is 18.2 Å². The first kappa shape index (κ1) is 19.1. The molecular weight excluding hydrogens is 359 g/mol. The van der Waals surface area contributed by atoms with E-state index in [0.29, 0.717) is 31.3 Å². The molecule has 142 valence electrons. The summed E-state index contributed by atoms with van der Waals surface area (Å²) in [7, 11) is 0. The van der Waals surface area contributed by atoms with E-state index >= 15 is 0 Å². The number of rotatable bonds is 3. The van der Waals surface area contributed by atoms with Crippen LogP contribution in [0.25, 0.3) is 0 Å². The smallest absolute Gasteiger partial charge is 0.256 e. The normalized spacial score (nSPS) is 21.5. The molecule has 2 fully saturated rings. The average molecular weight is 383 g/mol. The maximum atomic E-state index is 14.1. The zero-order valence-corrected chi connectivity index (χ0v) is 15.7. The second-order valence-corrected chi connectivity index (χ2v) is 7.38. The van der Waals surface area contributed by atoms with Gasteiger partial charge in [0.2, 0.25) is 5.91 Å². The summed E-state index contributed by atoms with van der Waals surface area (Å²) in [6.07, 6.45) is 3.25. The Kier molecular flexibility index (Phi) is 6.14. The summed E-state index contributed by atoms with van der Waals surface area (Å²) >= 11 is 5.92. The Balaban J connectivity index is 1.76. The Bertz CT molecular complexity index is 679. The van der Waals surface area contributed by atoms with Gasteiger partial charge in [0.05, 0.1) is 5.56 Å². The van der Waals surface area contributed by atoms with E-state index in [9.17, 15) is 14.0 Å². The predicted octanol–water partition coefficient (Wildman–Crippen LogP) is 3.11. The quantitative estimate of drug-likeness (QED) is 0.807. The van der Waals surface area contributed by atoms with Crippen molar-refractivity contribution in [3.8, 4) is 0 Å². The molecule has 5 nitrogen and oxygen atoms in total. The van der Waals surface area contributed by atoms with Crippen LogP contribution in [-0.4, -0.2) is 60.0 Å². The summed E-state index contributed by atoms with van der Waals surface area (Å²) in [5.74, 6) is -0.926. The monoisotopic (exact) mass is 382 g/mol. The van der Waals surface area contributed by atoms with Crippen molar-refractivity contribution in [3.05, 3.63) is 34.6 Å². The standard InChI is InChI=1S/C19H24ClFN2O3/c1-13(24)23(15-6-9-26-10-7-15)16-3-2-8-22(12-16)19(25)17-11-14(20)4-5-18(17)21/h4-5,11,15-16H,2-3,6-10,12H2,1H3. The lowest BCUT2D eigenvalue weighted by atomic mass is 9.98. The Morgan fingerprint density at radius 1 is 1.23 bits per heavy atom. The van der Waals surface area contributed by atoms with E-state index in [0.717, 1.165) is 25.7 Å². The van der Waals surface area contributed by atoms with Gasteiger partial charge >= 0.3 is 0 Å². The fraction of sp³-hybridized carbons (Fsp3) is 0.579. The first-order valence-electron chi connectivity index (χ1n) is 9.08. The molecule has 0 aliphatic carbocycles. The highest BCUT2D eigenvalue weighted by molar-refractivity contribution is 6.31. The Morgan fingerprint density at radius 2 is 1.96 bits per heavy atom. The Labute approximate surface area is 158 Å². The summed E-state index contributed by atoms with van der Waals surface area (Å²) in [6.45, 7) is 3.85. The molecular formula is C19H24ClFN2O3. The average Bonchev–Trinajstić information content (AvgIpc) is 2.64. The largest absolute Gasteiger partial charge is 0.381 e. The van der Waals surface area contributed by atoms with E-state index in [1.54, 1.807) is 11.8 Å². The fourth-order valence-electron chi connectivity index (χ4n) is 3.97. The van der Waals surface area contributed by atoms with Crippen molar-refractivity contribution in [2.45, 2.75) is 44.7 Å². The highest BCUT2D eigenvalue weighted by Crippen LogP contribution is 2.25. The molecule has 0 radical (unpaired) electrons. The van der Waals surface area contributed by atoms with Crippen molar-refractivity contribution in [2.24, 2.45) is 0 Å². The molecule has 7 heteroatoms. The van der Waals surface area contributed by atoms with Crippen molar-refractivity contribution in [1.82, 2.24) is 9.80 Å². The topological polar surface area (TPSA) is 49.9 Å². The lowest BCUT2D eigenvalue weighted by Crippen LogP contribution is -2.55. The SMILES string of the molecule is CC(=O)N(C1CCOCC1)C1CCCN(C(=O)c2cc(Cl)ccc2F)C1. The zero-order chi connectivity index (χ0) is 18.7. The molecule has 0 bridgehead atoms. The maximum absolute atomic E-state index is 14.1. The van der Waals surface area contributed by atoms with Gasteiger partial charge in [-0.1, -0.05) is 11.6 Å². The van der Waals surface area contributed by atoms with Crippen LogP contribution in [0.1, 0.15) is 43.0 Å². The van der Waals surface area contributed by atoms with E-state index in [-0.39, 0.29) is 29.5 Å². The van der Waals surface area contributed by atoms with Crippen LogP contribution in [0.4, 0.5) is 4.39 Å². The lowest BCUT2D eigenvalue weighted by Gasteiger charge is -2.44. The molecule has 0 N–H and O–H groups in total. The molecule has 0 spiro atoms. The van der Waals surface area contributed by atoms with Gasteiger partial charge in [-0.3, -0.25) is 9.59 Å². The molecule has 2 aliphatic heterocycles. The van der Waals surface area contributed by atoms with Crippen molar-refractivity contribution in [1.29, 1.82) is 0 Å². The van der Waals surface area contributed by atoms with Gasteiger partial charge in [-0.05, 0) is 43.9 Å². The zero-order valence-electron chi connectivity index (χ0n) is 14.9. The minimum absolute atomic E-state index is 0.0152. The van der Waals surface area contributed by atoms with Crippen molar-refractivity contribution in [2.75, 3.05) is 26.3 Å². The number of halogens is 2. The number of ether oxygens (including phenoxy) is 1. The summed E-state index contributed by atoms with van der Waals surface area (Å²) in [6, 6.07) is 4.10. The number of hydrogen-bond donors (Lipinski definition) is 0. The number of carbonyl (C=O) groups excluding carboxylic acids is 2. The highest BCUT2D eigenvalue weighted by Gasteiger charge is 2.34. The van der Waals surface area contributed by atoms with E-state index in [4.69, 9.17) is 16.3 Å². The van der Waals surface area contributed by atoms with E-state index < -0.39 is 5.82 Å². The third kappa shape index (κ3) is 4.18. The lowest BCUT2D eigenvalue weighted by molar-refractivity contribution is -0.137. The van der Waals surface area contributed by atoms with Crippen LogP contribution < -0.4 is 0 Å². The highest BCUT2D eigenvalue weighted by atomic mass is 35.5. The van der Waals surface area contributed by atoms with Crippen LogP contribution in [0.3, 0.4) is 0 Å². The number of nitrogens with zero attached hydrogens (tertiary/aromatic N) is 2. The third-order valence-electron chi connectivity index (χ3n) is 5.18. The number of likely N-dealkylation sites (tertiary alicyclic amines) is 1. The molecule has 1 unspecified atom stereocenters. The van der Waals surface area contributed by atoms with Crippen LogP contribution in [-0.2, 0) is 9.53 Å². The molecule has 1 aromatic carbocycles. The van der Waals surface area contributed by atoms with Crippen molar-refractivity contribution in [3.63, 3.8) is 0 Å². The van der Waals surface area contributed by atoms with Gasteiger partial charge in [0.1, 0.15) is 5.82 Å². The molecule has 2 saturated heterocycles. The van der Waals surface area contributed by atoms with E-state index in [1.165, 1.54) is 18.2 Å². The first-order valence-corrected chi connectivity index (χ1v) is 9.46. The van der Waals surface area contributed by atoms with Crippen molar-refractivity contribution >= 4 is 23.4 Å². The second kappa shape index (κ2) is 8.35. The van der Waals surface area contributed by atoms with Crippen LogP contribution in [0.2, 0.25) is 5.02 Å². The van der Waals surface area contributed by atoms with Gasteiger partial charge < -0.3 is 14.5 Å². The number of amides is 2. The summed E-state index contributed by atoms with van der Waals surface area (Å²) < 4.78 is 19.5. The fourth-order valence-corrected chi connectivity index (χ4v) is 4.15. The predicted molar refractivity (Wildman–Crippen MR) is 96.7 cm³/mol. The van der Waals surface area contributed by atoms with Crippen LogP contribution in [0, 0.1) is 5.82 Å². The molecule has 26 heavy (non-hydrogen) atoms. The molecule has 3 rings (SSSR count). The summed E-state index contributed by atoms with van der Waals surface area (Å²) in [5, 5.41) is 0.330. The minimum atomic E-state index is -0.575. The molecule has 1 atom stereocenters. The summed E-state index contributed by atoms with van der Waals surface area (Å²) in [5.41, 5.74) is -0.0152. The number of piperidine rings is 1. The molecule has 0 aromatic heterocycles. The van der Waals surface area contributed by atoms with Gasteiger partial charge in [-0.25, -0.2) is 4.39 Å². The van der Waals surface area contributed by atoms with Crippen LogP contribution in [0.5, 0.6) is 0 Å². The number of carbonyl (C=O) groups is 2. The van der Waals surface area contributed by atoms with E-state index in [1.807, 2.05) is 4.90 Å². The minimum Gasteiger partial charge on any atom is -0.381 e. The van der Waals surface area contributed by atoms with Gasteiger partial charge in [-0.2, -0.15) is 0 Å². The second-order valence-electron chi connectivity index (χ2n) is 6.94. The number of hydrogen-bond acceptors (Lipinski definition) is 3. The van der Waals surface area contributed by atoms with Gasteiger partial charge in [0, 0.05) is 50.3 Å². The molecule has 2 amide bonds. The molecule has 2 heterocycles. The number of benzene rings is 1. The van der Waals surface area contributed by atoms with Gasteiger partial charge in [0.25, 0.3) is 5.91 Å². The third-order valence-corrected chi connectivity index (χ3v) is 5.42. The van der Waals surface area contributed by atoms with Gasteiger partial charge in [-0.15, -0.1) is 0 Å². The Morgan fingerprint density at radius 3 is 2.65 bits per heavy atom. The van der Waals surface area contributed by atoms with Crippen molar-refractivity contribution < 1.29 is 18.7 Å².